The molecule has 0 atom stereocenters. The molecule has 0 aliphatic carbocycles. The van der Waals surface area contributed by atoms with Gasteiger partial charge in [-0.1, -0.05) is 18.2 Å². The van der Waals surface area contributed by atoms with Crippen molar-refractivity contribution < 1.29 is 0 Å². The minimum atomic E-state index is 0.761. The Morgan fingerprint density at radius 1 is 1.50 bits per heavy atom. The van der Waals surface area contributed by atoms with Crippen LogP contribution in [-0.4, -0.2) is 14.8 Å². The summed E-state index contributed by atoms with van der Waals surface area (Å²) >= 11 is 0. The summed E-state index contributed by atoms with van der Waals surface area (Å²) in [6.45, 7) is 0.761. The van der Waals surface area contributed by atoms with Gasteiger partial charge in [0, 0.05) is 0 Å². The first-order chi connectivity index (χ1) is 5.95. The van der Waals surface area contributed by atoms with Crippen molar-refractivity contribution in [3.63, 3.8) is 0 Å². The van der Waals surface area contributed by atoms with Gasteiger partial charge in [-0.15, -0.1) is 0 Å². The van der Waals surface area contributed by atoms with Crippen LogP contribution in [0.25, 0.3) is 0 Å². The summed E-state index contributed by atoms with van der Waals surface area (Å²) in [4.78, 5) is 3.86. The van der Waals surface area contributed by atoms with E-state index < -0.39 is 0 Å². The summed E-state index contributed by atoms with van der Waals surface area (Å²) < 4.78 is 1.78. The van der Waals surface area contributed by atoms with E-state index in [2.05, 4.69) is 16.1 Å². The Bertz CT molecular complexity index is 326. The van der Waals surface area contributed by atoms with Crippen LogP contribution in [0.1, 0.15) is 5.56 Å². The van der Waals surface area contributed by atoms with E-state index in [9.17, 15) is 0 Å². The van der Waals surface area contributed by atoms with Gasteiger partial charge in [0.05, 0.1) is 6.54 Å². The van der Waals surface area contributed by atoms with Gasteiger partial charge in [0.1, 0.15) is 12.7 Å². The molecular formula is C9H8N3. The highest BCUT2D eigenvalue weighted by Gasteiger charge is 1.92. The highest BCUT2D eigenvalue weighted by molar-refractivity contribution is 5.13. The normalized spacial score (nSPS) is 10.0. The summed E-state index contributed by atoms with van der Waals surface area (Å²) in [6.07, 6.45) is 3.24. The van der Waals surface area contributed by atoms with Crippen LogP contribution in [0.15, 0.2) is 36.9 Å². The predicted molar refractivity (Wildman–Crippen MR) is 44.4 cm³/mol. The molecule has 59 valence electrons. The molecule has 1 radical (unpaired) electrons. The molecule has 0 unspecified atom stereocenters. The molecule has 3 nitrogen and oxygen atoms in total. The van der Waals surface area contributed by atoms with Crippen LogP contribution in [0.5, 0.6) is 0 Å². The molecule has 2 aromatic rings. The molecule has 12 heavy (non-hydrogen) atoms. The first kappa shape index (κ1) is 7.03. The maximum atomic E-state index is 4.00. The van der Waals surface area contributed by atoms with E-state index in [1.807, 2.05) is 24.3 Å². The van der Waals surface area contributed by atoms with Gasteiger partial charge in [0.2, 0.25) is 0 Å². The van der Waals surface area contributed by atoms with E-state index in [1.54, 1.807) is 11.0 Å². The van der Waals surface area contributed by atoms with Crippen molar-refractivity contribution in [2.75, 3.05) is 0 Å². The fraction of sp³-hybridized carbons (Fsp3) is 0.111. The molecule has 3 heteroatoms. The van der Waals surface area contributed by atoms with E-state index in [-0.39, 0.29) is 0 Å². The van der Waals surface area contributed by atoms with Crippen LogP contribution in [0.2, 0.25) is 0 Å². The van der Waals surface area contributed by atoms with E-state index in [0.717, 1.165) is 6.54 Å². The van der Waals surface area contributed by atoms with E-state index >= 15 is 0 Å². The van der Waals surface area contributed by atoms with E-state index in [1.165, 1.54) is 11.9 Å². The third kappa shape index (κ3) is 1.50. The van der Waals surface area contributed by atoms with Gasteiger partial charge in [-0.3, -0.25) is 0 Å². The van der Waals surface area contributed by atoms with Gasteiger partial charge in [-0.05, 0) is 17.7 Å². The van der Waals surface area contributed by atoms with Gasteiger partial charge >= 0.3 is 0 Å². The number of rotatable bonds is 2. The molecule has 0 saturated carbocycles. The van der Waals surface area contributed by atoms with Crippen molar-refractivity contribution in [2.45, 2.75) is 6.54 Å². The Kier molecular flexibility index (Phi) is 1.86. The summed E-state index contributed by atoms with van der Waals surface area (Å²) in [5.74, 6) is 0. The molecule has 0 N–H and O–H groups in total. The standard InChI is InChI=1S/C9H8N3/c1-2-4-9(5-3-1)6-12-8-10-7-11-12/h1-2,4-5,7-8H,6H2. The van der Waals surface area contributed by atoms with Gasteiger partial charge in [0.25, 0.3) is 0 Å². The maximum absolute atomic E-state index is 4.00. The Hall–Kier alpha value is -1.64. The van der Waals surface area contributed by atoms with Gasteiger partial charge < -0.3 is 0 Å². The third-order valence-electron chi connectivity index (χ3n) is 1.58. The number of nitrogens with zero attached hydrogens (tertiary/aromatic N) is 3. The largest absolute Gasteiger partial charge is 0.249 e. The van der Waals surface area contributed by atoms with Crippen LogP contribution >= 0.6 is 0 Å². The van der Waals surface area contributed by atoms with Crippen LogP contribution in [-0.2, 0) is 6.54 Å². The fourth-order valence-corrected chi connectivity index (χ4v) is 1.03. The van der Waals surface area contributed by atoms with Crippen LogP contribution in [0.3, 0.4) is 0 Å². The topological polar surface area (TPSA) is 30.7 Å². The van der Waals surface area contributed by atoms with Gasteiger partial charge in [-0.2, -0.15) is 5.10 Å². The molecule has 0 aliphatic rings. The zero-order valence-electron chi connectivity index (χ0n) is 6.51. The molecule has 2 rings (SSSR count). The molecule has 1 heterocycles. The second kappa shape index (κ2) is 3.17. The Morgan fingerprint density at radius 2 is 2.50 bits per heavy atom. The summed E-state index contributed by atoms with van der Waals surface area (Å²) in [5.41, 5.74) is 1.18. The Morgan fingerprint density at radius 3 is 3.17 bits per heavy atom. The molecule has 0 amide bonds. The number of benzene rings is 1. The van der Waals surface area contributed by atoms with Crippen LogP contribution < -0.4 is 0 Å². The van der Waals surface area contributed by atoms with Crippen molar-refractivity contribution >= 4 is 0 Å². The molecule has 1 aromatic carbocycles. The SMILES string of the molecule is [c]1cccc(Cn2cncn2)c1. The second-order valence-corrected chi connectivity index (χ2v) is 2.50. The van der Waals surface area contributed by atoms with Crippen LogP contribution in [0, 0.1) is 6.07 Å². The number of hydrogen-bond acceptors (Lipinski definition) is 2. The average Bonchev–Trinajstić information content (AvgIpc) is 2.59. The highest BCUT2D eigenvalue weighted by atomic mass is 15.3. The Labute approximate surface area is 70.7 Å². The second-order valence-electron chi connectivity index (χ2n) is 2.50. The molecular weight excluding hydrogens is 150 g/mol. The lowest BCUT2D eigenvalue weighted by molar-refractivity contribution is 0.685. The molecule has 0 fully saturated rings. The lowest BCUT2D eigenvalue weighted by Gasteiger charge is -1.98. The first-order valence-electron chi connectivity index (χ1n) is 3.72. The van der Waals surface area contributed by atoms with Gasteiger partial charge in [-0.25, -0.2) is 9.67 Å². The highest BCUT2D eigenvalue weighted by Crippen LogP contribution is 1.99. The minimum Gasteiger partial charge on any atom is -0.249 e. The minimum absolute atomic E-state index is 0.761. The maximum Gasteiger partial charge on any atom is 0.137 e. The van der Waals surface area contributed by atoms with Crippen molar-refractivity contribution in [1.29, 1.82) is 0 Å². The smallest absolute Gasteiger partial charge is 0.137 e. The monoisotopic (exact) mass is 158 g/mol. The average molecular weight is 158 g/mol. The van der Waals surface area contributed by atoms with Crippen molar-refractivity contribution in [3.05, 3.63) is 48.5 Å². The molecule has 0 saturated heterocycles. The molecule has 0 bridgehead atoms. The molecule has 1 aromatic heterocycles. The zero-order chi connectivity index (χ0) is 8.23. The Balaban J connectivity index is 2.15. The number of aromatic nitrogens is 3. The van der Waals surface area contributed by atoms with E-state index in [0.29, 0.717) is 0 Å². The predicted octanol–water partition coefficient (Wildman–Crippen LogP) is 1.13. The van der Waals surface area contributed by atoms with Crippen LogP contribution in [0.4, 0.5) is 0 Å². The molecule has 0 aliphatic heterocycles. The first-order valence-corrected chi connectivity index (χ1v) is 3.72. The lowest BCUT2D eigenvalue weighted by Crippen LogP contribution is -1.99. The number of hydrogen-bond donors (Lipinski definition) is 0. The van der Waals surface area contributed by atoms with Gasteiger partial charge in [0.15, 0.2) is 0 Å². The van der Waals surface area contributed by atoms with Crippen molar-refractivity contribution in [1.82, 2.24) is 14.8 Å². The summed E-state index contributed by atoms with van der Waals surface area (Å²) in [6, 6.07) is 10.8. The van der Waals surface area contributed by atoms with Crippen molar-refractivity contribution in [2.24, 2.45) is 0 Å². The summed E-state index contributed by atoms with van der Waals surface area (Å²) in [7, 11) is 0. The zero-order valence-corrected chi connectivity index (χ0v) is 6.51. The summed E-state index contributed by atoms with van der Waals surface area (Å²) in [5, 5.41) is 4.00. The van der Waals surface area contributed by atoms with E-state index in [4.69, 9.17) is 0 Å². The molecule has 0 spiro atoms. The van der Waals surface area contributed by atoms with Crippen molar-refractivity contribution in [3.8, 4) is 0 Å². The fourth-order valence-electron chi connectivity index (χ4n) is 1.03. The quantitative estimate of drug-likeness (QED) is 0.655. The lowest BCUT2D eigenvalue weighted by atomic mass is 10.2. The third-order valence-corrected chi connectivity index (χ3v) is 1.58.